The van der Waals surface area contributed by atoms with E-state index in [1.165, 1.54) is 16.9 Å². The molecule has 17 heteroatoms. The van der Waals surface area contributed by atoms with Gasteiger partial charge in [-0.25, -0.2) is 27.6 Å². The van der Waals surface area contributed by atoms with Gasteiger partial charge >= 0.3 is 18.2 Å². The first-order valence-corrected chi connectivity index (χ1v) is 13.3. The second-order valence-electron chi connectivity index (χ2n) is 10.1. The number of carbonyl (C=O) groups is 3. The molecule has 14 nitrogen and oxygen atoms in total. The van der Waals surface area contributed by atoms with E-state index < -0.39 is 47.9 Å². The van der Waals surface area contributed by atoms with Crippen LogP contribution in [0, 0.1) is 17.5 Å². The van der Waals surface area contributed by atoms with Crippen LogP contribution in [0.4, 0.5) is 33.2 Å². The number of hydrogen-bond donors (Lipinski definition) is 2. The number of nitrogens with one attached hydrogen (secondary N) is 1. The first-order valence-electron chi connectivity index (χ1n) is 13.3. The average molecular weight is 606 g/mol. The van der Waals surface area contributed by atoms with Gasteiger partial charge in [-0.2, -0.15) is 10.2 Å². The van der Waals surface area contributed by atoms with Crippen LogP contribution in [0.1, 0.15) is 24.5 Å². The normalized spacial score (nSPS) is 21.3. The number of benzene rings is 1. The molecule has 5 heterocycles. The van der Waals surface area contributed by atoms with Crippen molar-refractivity contribution in [1.29, 1.82) is 0 Å². The van der Waals surface area contributed by atoms with Gasteiger partial charge in [-0.15, -0.1) is 0 Å². The highest BCUT2D eigenvalue weighted by molar-refractivity contribution is 5.90. The van der Waals surface area contributed by atoms with Gasteiger partial charge < -0.3 is 25.4 Å². The molecule has 3 aromatic rings. The van der Waals surface area contributed by atoms with Crippen molar-refractivity contribution in [2.75, 3.05) is 32.1 Å². The van der Waals surface area contributed by atoms with Crippen LogP contribution in [0.25, 0.3) is 0 Å². The summed E-state index contributed by atoms with van der Waals surface area (Å²) in [6.07, 6.45) is 1.32. The smallest absolute Gasteiger partial charge is 0.411 e. The lowest BCUT2D eigenvalue weighted by molar-refractivity contribution is -0.0667. The SMILES string of the molecule is CO[C@@H]1COC(=O)N(C2c3ccnn3CC(C)N2C(=O)Nc2cc(F)c(F)c(F)c2)C1.NC(=O)N1CCn2nccc2C1. The van der Waals surface area contributed by atoms with Crippen LogP contribution in [0.5, 0.6) is 0 Å². The predicted octanol–water partition coefficient (Wildman–Crippen LogP) is 2.48. The number of carbonyl (C=O) groups excluding carboxylic acids is 3. The summed E-state index contributed by atoms with van der Waals surface area (Å²) in [5.74, 6) is -4.49. The van der Waals surface area contributed by atoms with Gasteiger partial charge in [0.1, 0.15) is 12.7 Å². The maximum absolute atomic E-state index is 13.6. The fourth-order valence-electron chi connectivity index (χ4n) is 5.18. The molecule has 43 heavy (non-hydrogen) atoms. The Labute approximate surface area is 243 Å². The Morgan fingerprint density at radius 1 is 1.07 bits per heavy atom. The van der Waals surface area contributed by atoms with Gasteiger partial charge in [0.15, 0.2) is 23.6 Å². The topological polar surface area (TPSA) is 153 Å². The second-order valence-corrected chi connectivity index (χ2v) is 10.1. The van der Waals surface area contributed by atoms with Gasteiger partial charge in [0.2, 0.25) is 0 Å². The summed E-state index contributed by atoms with van der Waals surface area (Å²) >= 11 is 0. The number of fused-ring (bicyclic) bond motifs is 2. The largest absolute Gasteiger partial charge is 0.447 e. The fraction of sp³-hybridized carbons (Fsp3) is 0.423. The van der Waals surface area contributed by atoms with E-state index in [1.807, 2.05) is 10.7 Å². The highest BCUT2D eigenvalue weighted by atomic mass is 19.2. The molecule has 3 aliphatic heterocycles. The van der Waals surface area contributed by atoms with Crippen molar-refractivity contribution in [2.45, 2.75) is 44.9 Å². The molecule has 2 unspecified atom stereocenters. The zero-order valence-electron chi connectivity index (χ0n) is 23.3. The molecular weight excluding hydrogens is 575 g/mol. The minimum Gasteiger partial charge on any atom is -0.447 e. The molecule has 1 saturated heterocycles. The molecule has 6 rings (SSSR count). The lowest BCUT2D eigenvalue weighted by Gasteiger charge is -2.46. The standard InChI is InChI=1S/C19H20F3N5O4.C7H10N4O/c1-10-7-26-15(3-4-23-26)17(25-8-12(30-2)9-31-19(25)29)27(10)18(28)24-11-5-13(20)16(22)14(21)6-11;8-7(12)10-3-4-11-6(5-10)1-2-9-11/h3-6,10,12,17H,7-9H2,1-2H3,(H,24,28);1-2H,3-5H2,(H2,8,12)/t10?,12-,17?;/m0./s1. The van der Waals surface area contributed by atoms with Crippen molar-refractivity contribution in [2.24, 2.45) is 5.73 Å². The maximum Gasteiger partial charge on any atom is 0.411 e. The van der Waals surface area contributed by atoms with Crippen LogP contribution >= 0.6 is 0 Å². The van der Waals surface area contributed by atoms with Gasteiger partial charge in [-0.05, 0) is 19.1 Å². The van der Waals surface area contributed by atoms with Crippen LogP contribution in [-0.4, -0.2) is 91.4 Å². The molecule has 3 atom stereocenters. The average Bonchev–Trinajstić information content (AvgIpc) is 3.65. The van der Waals surface area contributed by atoms with Crippen LogP contribution < -0.4 is 11.1 Å². The number of halogens is 3. The van der Waals surface area contributed by atoms with Gasteiger partial charge in [0.25, 0.3) is 0 Å². The Bertz CT molecular complexity index is 1490. The van der Waals surface area contributed by atoms with Crippen LogP contribution in [-0.2, 0) is 29.1 Å². The first-order chi connectivity index (χ1) is 20.6. The van der Waals surface area contributed by atoms with E-state index in [-0.39, 0.29) is 24.9 Å². The van der Waals surface area contributed by atoms with E-state index in [0.717, 1.165) is 12.2 Å². The van der Waals surface area contributed by atoms with Crippen LogP contribution in [0.3, 0.4) is 0 Å². The summed E-state index contributed by atoms with van der Waals surface area (Å²) in [6.45, 7) is 4.28. The summed E-state index contributed by atoms with van der Waals surface area (Å²) in [5.41, 5.74) is 6.48. The number of cyclic esters (lactones) is 1. The number of amides is 5. The summed E-state index contributed by atoms with van der Waals surface area (Å²) in [5, 5.41) is 10.7. The number of hydrogen-bond acceptors (Lipinski definition) is 7. The van der Waals surface area contributed by atoms with Crippen molar-refractivity contribution in [3.05, 3.63) is 65.5 Å². The first kappa shape index (κ1) is 29.7. The lowest BCUT2D eigenvalue weighted by atomic mass is 10.1. The predicted molar refractivity (Wildman–Crippen MR) is 143 cm³/mol. The summed E-state index contributed by atoms with van der Waals surface area (Å²) in [4.78, 5) is 40.8. The second kappa shape index (κ2) is 12.2. The molecular formula is C26H30F3N9O5. The minimum atomic E-state index is -1.63. The highest BCUT2D eigenvalue weighted by Crippen LogP contribution is 2.34. The van der Waals surface area contributed by atoms with E-state index in [2.05, 4.69) is 15.5 Å². The lowest BCUT2D eigenvalue weighted by Crippen LogP contribution is -2.59. The minimum absolute atomic E-state index is 0.0771. The molecule has 0 bridgehead atoms. The Morgan fingerprint density at radius 3 is 2.47 bits per heavy atom. The molecule has 5 amide bonds. The molecule has 0 saturated carbocycles. The van der Waals surface area contributed by atoms with Crippen LogP contribution in [0.15, 0.2) is 36.7 Å². The Balaban J connectivity index is 0.000000255. The number of nitrogens with zero attached hydrogens (tertiary/aromatic N) is 7. The van der Waals surface area contributed by atoms with Crippen molar-refractivity contribution >= 4 is 23.8 Å². The molecule has 1 aromatic carbocycles. The summed E-state index contributed by atoms with van der Waals surface area (Å²) in [6, 6.07) is 3.38. The van der Waals surface area contributed by atoms with Crippen molar-refractivity contribution < 1.29 is 37.0 Å². The summed E-state index contributed by atoms with van der Waals surface area (Å²) in [7, 11) is 1.48. The fourth-order valence-corrected chi connectivity index (χ4v) is 5.18. The Hall–Kier alpha value is -4.80. The number of aromatic nitrogens is 4. The number of ether oxygens (including phenoxy) is 2. The third-order valence-electron chi connectivity index (χ3n) is 7.37. The zero-order valence-corrected chi connectivity index (χ0v) is 23.3. The zero-order chi connectivity index (χ0) is 30.8. The van der Waals surface area contributed by atoms with E-state index in [0.29, 0.717) is 37.5 Å². The Morgan fingerprint density at radius 2 is 1.77 bits per heavy atom. The van der Waals surface area contributed by atoms with E-state index >= 15 is 0 Å². The van der Waals surface area contributed by atoms with Gasteiger partial charge in [0.05, 0.1) is 43.6 Å². The maximum atomic E-state index is 13.6. The van der Waals surface area contributed by atoms with Crippen molar-refractivity contribution in [3.8, 4) is 0 Å². The number of methoxy groups -OCH3 is 1. The molecule has 0 spiro atoms. The number of urea groups is 2. The van der Waals surface area contributed by atoms with E-state index in [4.69, 9.17) is 15.2 Å². The molecule has 230 valence electrons. The third-order valence-corrected chi connectivity index (χ3v) is 7.37. The molecule has 3 N–H and O–H groups in total. The van der Waals surface area contributed by atoms with Gasteiger partial charge in [0, 0.05) is 43.9 Å². The quantitative estimate of drug-likeness (QED) is 0.435. The Kier molecular flexibility index (Phi) is 8.43. The van der Waals surface area contributed by atoms with Crippen LogP contribution in [0.2, 0.25) is 0 Å². The van der Waals surface area contributed by atoms with Crippen molar-refractivity contribution in [1.82, 2.24) is 34.3 Å². The van der Waals surface area contributed by atoms with E-state index in [1.54, 1.807) is 35.0 Å². The highest BCUT2D eigenvalue weighted by Gasteiger charge is 2.44. The number of primary amides is 1. The number of rotatable bonds is 3. The van der Waals surface area contributed by atoms with E-state index in [9.17, 15) is 27.6 Å². The van der Waals surface area contributed by atoms with Crippen molar-refractivity contribution in [3.63, 3.8) is 0 Å². The molecule has 0 aliphatic carbocycles. The molecule has 3 aliphatic rings. The molecule has 0 radical (unpaired) electrons. The van der Waals surface area contributed by atoms with Gasteiger partial charge in [-0.3, -0.25) is 19.2 Å². The molecule has 1 fully saturated rings. The molecule has 2 aromatic heterocycles. The third kappa shape index (κ3) is 6.06. The number of anilines is 1. The van der Waals surface area contributed by atoms with Gasteiger partial charge in [-0.1, -0.05) is 0 Å². The monoisotopic (exact) mass is 605 g/mol. The number of nitrogens with two attached hydrogens (primary N) is 1. The summed E-state index contributed by atoms with van der Waals surface area (Å²) < 4.78 is 54.5.